The lowest BCUT2D eigenvalue weighted by molar-refractivity contribution is -0.123. The fourth-order valence-electron chi connectivity index (χ4n) is 4.01. The Morgan fingerprint density at radius 1 is 1.24 bits per heavy atom. The minimum atomic E-state index is -0.930. The number of likely N-dealkylation sites (N-methyl/N-ethyl adjacent to an activating group) is 1. The third-order valence-corrected chi connectivity index (χ3v) is 5.95. The number of benzene rings is 1. The summed E-state index contributed by atoms with van der Waals surface area (Å²) in [6.07, 6.45) is 4.11. The van der Waals surface area contributed by atoms with Gasteiger partial charge < -0.3 is 29.2 Å². The Bertz CT molecular complexity index is 1500. The molecule has 0 spiro atoms. The number of H-pyrrole nitrogens is 1. The molecule has 0 aliphatic rings. The summed E-state index contributed by atoms with van der Waals surface area (Å²) in [6.45, 7) is 5.58. The van der Waals surface area contributed by atoms with Gasteiger partial charge in [0.15, 0.2) is 11.5 Å². The maximum Gasteiger partial charge on any atom is 0.407 e. The van der Waals surface area contributed by atoms with Crippen molar-refractivity contribution >= 4 is 28.8 Å². The van der Waals surface area contributed by atoms with E-state index in [4.69, 9.17) is 4.74 Å². The molecule has 12 heteroatoms. The summed E-state index contributed by atoms with van der Waals surface area (Å²) in [5.74, 6) is -0.391. The Morgan fingerprint density at radius 3 is 2.63 bits per heavy atom. The average molecular weight is 570 g/mol. The number of hydrogen-bond acceptors (Lipinski definition) is 7. The third-order valence-electron chi connectivity index (χ3n) is 5.95. The molecule has 0 bridgehead atoms. The summed E-state index contributed by atoms with van der Waals surface area (Å²) in [6, 6.07) is 4.83. The van der Waals surface area contributed by atoms with Gasteiger partial charge in [-0.05, 0) is 51.8 Å². The third kappa shape index (κ3) is 8.75. The van der Waals surface area contributed by atoms with Crippen LogP contribution in [-0.4, -0.2) is 70.1 Å². The number of pyridine rings is 1. The fraction of sp³-hybridized carbons (Fsp3) is 0.414. The minimum absolute atomic E-state index is 0.0423. The number of rotatable bonds is 11. The predicted octanol–water partition coefficient (Wildman–Crippen LogP) is 3.35. The number of carbonyl (C=O) groups is 3. The number of ether oxygens (including phenoxy) is 2. The van der Waals surface area contributed by atoms with Crippen LogP contribution in [-0.2, 0) is 27.3 Å². The molecule has 2 N–H and O–H groups in total. The largest absolute Gasteiger partial charge is 0.486 e. The van der Waals surface area contributed by atoms with Crippen LogP contribution < -0.4 is 15.6 Å². The molecule has 0 aliphatic carbocycles. The number of nitrogens with one attached hydrogen (secondary N) is 2. The van der Waals surface area contributed by atoms with Crippen molar-refractivity contribution in [3.8, 4) is 5.75 Å². The molecular formula is C29H36FN5O6. The van der Waals surface area contributed by atoms with Gasteiger partial charge in [-0.3, -0.25) is 14.4 Å². The number of aromatic nitrogens is 3. The Hall–Kier alpha value is -4.48. The normalized spacial score (nSPS) is 12.4. The summed E-state index contributed by atoms with van der Waals surface area (Å²) in [4.78, 5) is 59.0. The molecule has 0 unspecified atom stereocenters. The van der Waals surface area contributed by atoms with E-state index in [0.29, 0.717) is 23.3 Å². The van der Waals surface area contributed by atoms with Crippen molar-refractivity contribution in [3.05, 3.63) is 70.2 Å². The molecule has 3 rings (SSSR count). The molecule has 1 aromatic carbocycles. The van der Waals surface area contributed by atoms with Crippen molar-refractivity contribution in [1.82, 2.24) is 24.8 Å². The van der Waals surface area contributed by atoms with E-state index in [1.807, 2.05) is 20.8 Å². The zero-order valence-electron chi connectivity index (χ0n) is 24.1. The van der Waals surface area contributed by atoms with E-state index in [1.165, 1.54) is 34.8 Å². The van der Waals surface area contributed by atoms with Gasteiger partial charge in [-0.25, -0.2) is 14.2 Å². The second kappa shape index (κ2) is 13.2. The molecule has 2 aromatic heterocycles. The van der Waals surface area contributed by atoms with Gasteiger partial charge in [0.1, 0.15) is 22.8 Å². The number of halogens is 1. The molecule has 2 heterocycles. The van der Waals surface area contributed by atoms with Gasteiger partial charge in [-0.1, -0.05) is 12.1 Å². The Kier molecular flexibility index (Phi) is 10.0. The van der Waals surface area contributed by atoms with Crippen LogP contribution in [0.4, 0.5) is 9.18 Å². The summed E-state index contributed by atoms with van der Waals surface area (Å²) in [7, 11) is 4.43. The van der Waals surface area contributed by atoms with Gasteiger partial charge in [0, 0.05) is 38.3 Å². The summed E-state index contributed by atoms with van der Waals surface area (Å²) in [5, 5.41) is 2.51. The van der Waals surface area contributed by atoms with Gasteiger partial charge in [0.05, 0.1) is 25.2 Å². The molecule has 0 aliphatic heterocycles. The van der Waals surface area contributed by atoms with E-state index in [1.54, 1.807) is 38.5 Å². The predicted molar refractivity (Wildman–Crippen MR) is 151 cm³/mol. The molecule has 11 nitrogen and oxygen atoms in total. The average Bonchev–Trinajstić information content (AvgIpc) is 3.29. The molecule has 41 heavy (non-hydrogen) atoms. The first-order valence-corrected chi connectivity index (χ1v) is 13.1. The lowest BCUT2D eigenvalue weighted by Crippen LogP contribution is -2.42. The summed E-state index contributed by atoms with van der Waals surface area (Å²) < 4.78 is 26.1. The van der Waals surface area contributed by atoms with Crippen LogP contribution in [0.3, 0.4) is 0 Å². The number of Topliss-reactive ketones (excluding diaryl/α,β-unsaturated/α-hetero) is 1. The molecule has 0 radical (unpaired) electrons. The lowest BCUT2D eigenvalue weighted by atomic mass is 10.0. The molecule has 0 saturated carbocycles. The van der Waals surface area contributed by atoms with Gasteiger partial charge in [-0.15, -0.1) is 0 Å². The standard InChI is InChI=1S/C29H36FN5O6/c1-29(2,3)41-23-16-19(30)15-21-26(23)33-24(31-21)17-35-13-9-10-18(27(35)38)14-22(36)20(32-28(39)40-6)11-7-8-12-25(37)34(4)5/h8-10,12-13,15-16,20H,7,11,14,17H2,1-6H3,(H,31,33)(H,32,39)/b12-8+/t20-/m0/s1. The number of methoxy groups -OCH3 is 1. The highest BCUT2D eigenvalue weighted by atomic mass is 19.1. The first-order chi connectivity index (χ1) is 19.3. The number of aromatic amines is 1. The molecule has 220 valence electrons. The molecule has 1 atom stereocenters. The summed E-state index contributed by atoms with van der Waals surface area (Å²) in [5.41, 5.74) is 0.113. The number of hydrogen-bond donors (Lipinski definition) is 2. The number of fused-ring (bicyclic) bond motifs is 1. The fourth-order valence-corrected chi connectivity index (χ4v) is 4.01. The molecule has 0 fully saturated rings. The van der Waals surface area contributed by atoms with E-state index in [2.05, 4.69) is 20.0 Å². The Labute approximate surface area is 237 Å². The summed E-state index contributed by atoms with van der Waals surface area (Å²) >= 11 is 0. The SMILES string of the molecule is COC(=O)N[C@@H](CC/C=C/C(=O)N(C)C)C(=O)Cc1cccn(Cc2nc3c(OC(C)(C)C)cc(F)cc3[nH]2)c1=O. The monoisotopic (exact) mass is 569 g/mol. The van der Waals surface area contributed by atoms with Crippen molar-refractivity contribution < 1.29 is 28.2 Å². The number of imidazole rings is 1. The zero-order valence-corrected chi connectivity index (χ0v) is 24.1. The highest BCUT2D eigenvalue weighted by molar-refractivity contribution is 5.89. The van der Waals surface area contributed by atoms with Crippen LogP contribution in [0.25, 0.3) is 11.0 Å². The van der Waals surface area contributed by atoms with Gasteiger partial charge >= 0.3 is 6.09 Å². The van der Waals surface area contributed by atoms with Crippen LogP contribution >= 0.6 is 0 Å². The van der Waals surface area contributed by atoms with E-state index >= 15 is 0 Å². The van der Waals surface area contributed by atoms with Crippen LogP contribution in [0.1, 0.15) is 45.0 Å². The van der Waals surface area contributed by atoms with Crippen molar-refractivity contribution in [2.45, 2.75) is 58.2 Å². The highest BCUT2D eigenvalue weighted by Crippen LogP contribution is 2.28. The number of amides is 2. The number of ketones is 1. The first kappa shape index (κ1) is 31.1. The van der Waals surface area contributed by atoms with Crippen molar-refractivity contribution in [2.24, 2.45) is 0 Å². The maximum atomic E-state index is 14.2. The van der Waals surface area contributed by atoms with Crippen molar-refractivity contribution in [3.63, 3.8) is 0 Å². The van der Waals surface area contributed by atoms with E-state index < -0.39 is 29.1 Å². The topological polar surface area (TPSA) is 136 Å². The van der Waals surface area contributed by atoms with Gasteiger partial charge in [-0.2, -0.15) is 0 Å². The number of allylic oxidation sites excluding steroid dienone is 1. The van der Waals surface area contributed by atoms with Crippen molar-refractivity contribution in [2.75, 3.05) is 21.2 Å². The van der Waals surface area contributed by atoms with Crippen molar-refractivity contribution in [1.29, 1.82) is 0 Å². The van der Waals surface area contributed by atoms with Crippen LogP contribution in [0.5, 0.6) is 5.75 Å². The first-order valence-electron chi connectivity index (χ1n) is 13.1. The smallest absolute Gasteiger partial charge is 0.407 e. The van der Waals surface area contributed by atoms with Crippen LogP contribution in [0.15, 0.2) is 47.4 Å². The van der Waals surface area contributed by atoms with Crippen LogP contribution in [0, 0.1) is 5.82 Å². The van der Waals surface area contributed by atoms with E-state index in [-0.39, 0.29) is 42.4 Å². The van der Waals surface area contributed by atoms with E-state index in [9.17, 15) is 23.6 Å². The highest BCUT2D eigenvalue weighted by Gasteiger charge is 2.23. The maximum absolute atomic E-state index is 14.2. The Balaban J connectivity index is 1.79. The molecule has 2 amide bonds. The number of nitrogens with zero attached hydrogens (tertiary/aromatic N) is 3. The minimum Gasteiger partial charge on any atom is -0.486 e. The second-order valence-electron chi connectivity index (χ2n) is 10.7. The molecular weight excluding hydrogens is 533 g/mol. The van der Waals surface area contributed by atoms with E-state index in [0.717, 1.165) is 0 Å². The zero-order chi connectivity index (χ0) is 30.3. The van der Waals surface area contributed by atoms with Gasteiger partial charge in [0.2, 0.25) is 5.91 Å². The molecule has 3 aromatic rings. The van der Waals surface area contributed by atoms with Gasteiger partial charge in [0.25, 0.3) is 5.56 Å². The Morgan fingerprint density at radius 2 is 1.98 bits per heavy atom. The number of alkyl carbamates (subject to hydrolysis) is 1. The van der Waals surface area contributed by atoms with Crippen LogP contribution in [0.2, 0.25) is 0 Å². The quantitative estimate of drug-likeness (QED) is 0.338. The number of carbonyl (C=O) groups excluding carboxylic acids is 3. The lowest BCUT2D eigenvalue weighted by Gasteiger charge is -2.21. The molecule has 0 saturated heterocycles. The second-order valence-corrected chi connectivity index (χ2v) is 10.7.